The zero-order valence-corrected chi connectivity index (χ0v) is 21.4. The molecule has 0 N–H and O–H groups in total. The number of carbonyl (C=O) groups excluding carboxylic acids is 1. The number of piperidine rings is 1. The second-order valence-corrected chi connectivity index (χ2v) is 10.0. The zero-order chi connectivity index (χ0) is 24.8. The highest BCUT2D eigenvalue weighted by Gasteiger charge is 2.32. The van der Waals surface area contributed by atoms with E-state index in [0.29, 0.717) is 17.9 Å². The van der Waals surface area contributed by atoms with Gasteiger partial charge in [0.2, 0.25) is 0 Å². The molecule has 0 aliphatic carbocycles. The Labute approximate surface area is 211 Å². The number of hydrogen-bond acceptors (Lipinski definition) is 5. The predicted molar refractivity (Wildman–Crippen MR) is 138 cm³/mol. The summed E-state index contributed by atoms with van der Waals surface area (Å²) in [5, 5.41) is 1.92. The Morgan fingerprint density at radius 1 is 1.09 bits per heavy atom. The van der Waals surface area contributed by atoms with E-state index < -0.39 is 0 Å². The molecule has 0 radical (unpaired) electrons. The van der Waals surface area contributed by atoms with Crippen LogP contribution in [0.25, 0.3) is 0 Å². The topological polar surface area (TPSA) is 42.0 Å². The number of likely N-dealkylation sites (N-methyl/N-ethyl adjacent to an activating group) is 1. The molecule has 2 aromatic carbocycles. The summed E-state index contributed by atoms with van der Waals surface area (Å²) in [5.74, 6) is 1.66. The number of amides is 1. The molecule has 1 atom stereocenters. The first-order valence-corrected chi connectivity index (χ1v) is 12.8. The molecule has 1 amide bonds. The molecule has 0 bridgehead atoms. The van der Waals surface area contributed by atoms with Crippen LogP contribution in [-0.4, -0.2) is 56.1 Å². The van der Waals surface area contributed by atoms with Gasteiger partial charge in [-0.3, -0.25) is 9.69 Å². The van der Waals surface area contributed by atoms with E-state index >= 15 is 0 Å². The third-order valence-corrected chi connectivity index (χ3v) is 7.79. The summed E-state index contributed by atoms with van der Waals surface area (Å²) in [4.78, 5) is 18.2. The number of likely N-dealkylation sites (tertiary alicyclic amines) is 1. The summed E-state index contributed by atoms with van der Waals surface area (Å²) in [6.07, 6.45) is 2.41. The van der Waals surface area contributed by atoms with Crippen LogP contribution in [0, 0.1) is 11.7 Å². The van der Waals surface area contributed by atoms with Gasteiger partial charge in [0.1, 0.15) is 17.3 Å². The van der Waals surface area contributed by atoms with Gasteiger partial charge in [0.15, 0.2) is 0 Å². The van der Waals surface area contributed by atoms with Gasteiger partial charge >= 0.3 is 0 Å². The highest BCUT2D eigenvalue weighted by Crippen LogP contribution is 2.30. The van der Waals surface area contributed by atoms with Crippen LogP contribution in [-0.2, 0) is 13.0 Å². The minimum Gasteiger partial charge on any atom is -0.497 e. The minimum atomic E-state index is -0.209. The molecule has 35 heavy (non-hydrogen) atoms. The molecular formula is C28H33FN2O3S. The molecule has 2 heterocycles. The van der Waals surface area contributed by atoms with Gasteiger partial charge in [0.05, 0.1) is 19.1 Å². The maximum Gasteiger partial charge on any atom is 0.263 e. The average molecular weight is 497 g/mol. The SMILES string of the molecule is COc1cc(CN2CCC([C@H](Cc3ccccc3F)N(C)C(=O)c3cccs3)CC2)cc(OC)c1. The van der Waals surface area contributed by atoms with Crippen LogP contribution in [0.4, 0.5) is 4.39 Å². The second-order valence-electron chi connectivity index (χ2n) is 9.09. The summed E-state index contributed by atoms with van der Waals surface area (Å²) < 4.78 is 25.4. The second kappa shape index (κ2) is 11.7. The maximum atomic E-state index is 14.6. The number of ether oxygens (including phenoxy) is 2. The van der Waals surface area contributed by atoms with Crippen LogP contribution in [0.1, 0.15) is 33.6 Å². The molecule has 186 valence electrons. The molecule has 1 aromatic heterocycles. The van der Waals surface area contributed by atoms with Crippen molar-refractivity contribution in [1.29, 1.82) is 0 Å². The number of methoxy groups -OCH3 is 2. The van der Waals surface area contributed by atoms with Gasteiger partial charge in [0.25, 0.3) is 5.91 Å². The molecule has 1 aliphatic rings. The average Bonchev–Trinajstić information content (AvgIpc) is 3.43. The number of thiophene rings is 1. The minimum absolute atomic E-state index is 0.00671. The van der Waals surface area contributed by atoms with Gasteiger partial charge in [-0.15, -0.1) is 11.3 Å². The Bertz CT molecular complexity index is 1090. The van der Waals surface area contributed by atoms with Crippen LogP contribution in [0.15, 0.2) is 60.0 Å². The summed E-state index contributed by atoms with van der Waals surface area (Å²) in [5.41, 5.74) is 1.81. The van der Waals surface area contributed by atoms with Crippen molar-refractivity contribution in [3.63, 3.8) is 0 Å². The van der Waals surface area contributed by atoms with Crippen LogP contribution >= 0.6 is 11.3 Å². The number of rotatable bonds is 9. The molecule has 0 unspecified atom stereocenters. The Balaban J connectivity index is 1.47. The summed E-state index contributed by atoms with van der Waals surface area (Å²) in [7, 11) is 5.18. The Morgan fingerprint density at radius 3 is 2.37 bits per heavy atom. The van der Waals surface area contributed by atoms with Crippen molar-refractivity contribution in [2.24, 2.45) is 5.92 Å². The number of halogens is 1. The molecule has 0 saturated carbocycles. The lowest BCUT2D eigenvalue weighted by Crippen LogP contribution is -2.47. The van der Waals surface area contributed by atoms with Crippen LogP contribution in [0.5, 0.6) is 11.5 Å². The van der Waals surface area contributed by atoms with Gasteiger partial charge in [0, 0.05) is 25.7 Å². The molecule has 1 saturated heterocycles. The third-order valence-electron chi connectivity index (χ3n) is 6.93. The van der Waals surface area contributed by atoms with E-state index in [4.69, 9.17) is 9.47 Å². The standard InChI is InChI=1S/C28H33FN2O3S/c1-30(28(32)27-9-6-14-35-27)26(17-22-7-4-5-8-25(22)29)21-10-12-31(13-11-21)19-20-15-23(33-2)18-24(16-20)34-3/h4-9,14-16,18,21,26H,10-13,17,19H2,1-3H3/t26-/m0/s1. The van der Waals surface area contributed by atoms with Crippen molar-refractivity contribution in [3.8, 4) is 11.5 Å². The smallest absolute Gasteiger partial charge is 0.263 e. The van der Waals surface area contributed by atoms with Crippen molar-refractivity contribution < 1.29 is 18.7 Å². The Morgan fingerprint density at radius 2 is 1.77 bits per heavy atom. The van der Waals surface area contributed by atoms with Crippen molar-refractivity contribution in [1.82, 2.24) is 9.80 Å². The first kappa shape index (κ1) is 25.2. The van der Waals surface area contributed by atoms with Crippen molar-refractivity contribution >= 4 is 17.2 Å². The van der Waals surface area contributed by atoms with Crippen LogP contribution < -0.4 is 9.47 Å². The quantitative estimate of drug-likeness (QED) is 0.392. The Kier molecular flexibility index (Phi) is 8.42. The number of hydrogen-bond donors (Lipinski definition) is 0. The van der Waals surface area contributed by atoms with Crippen LogP contribution in [0.3, 0.4) is 0 Å². The van der Waals surface area contributed by atoms with Gasteiger partial charge < -0.3 is 14.4 Å². The maximum absolute atomic E-state index is 14.6. The van der Waals surface area contributed by atoms with Gasteiger partial charge in [-0.05, 0) is 79.0 Å². The number of carbonyl (C=O) groups is 1. The fraction of sp³-hybridized carbons (Fsp3) is 0.393. The van der Waals surface area contributed by atoms with E-state index in [1.165, 1.54) is 17.4 Å². The number of benzene rings is 2. The van der Waals surface area contributed by atoms with E-state index in [2.05, 4.69) is 4.90 Å². The molecule has 4 rings (SSSR count). The highest BCUT2D eigenvalue weighted by molar-refractivity contribution is 7.12. The van der Waals surface area contributed by atoms with Crippen LogP contribution in [0.2, 0.25) is 0 Å². The fourth-order valence-corrected chi connectivity index (χ4v) is 5.65. The van der Waals surface area contributed by atoms with E-state index in [1.54, 1.807) is 20.3 Å². The van der Waals surface area contributed by atoms with E-state index in [9.17, 15) is 9.18 Å². The first-order valence-electron chi connectivity index (χ1n) is 12.0. The normalized spacial score (nSPS) is 15.5. The molecule has 1 aliphatic heterocycles. The van der Waals surface area contributed by atoms with Gasteiger partial charge in [-0.1, -0.05) is 24.3 Å². The Hall–Kier alpha value is -2.90. The monoisotopic (exact) mass is 496 g/mol. The lowest BCUT2D eigenvalue weighted by molar-refractivity contribution is 0.0588. The summed E-state index contributed by atoms with van der Waals surface area (Å²) in [6, 6.07) is 16.5. The van der Waals surface area contributed by atoms with E-state index in [-0.39, 0.29) is 17.8 Å². The van der Waals surface area contributed by atoms with Crippen molar-refractivity contribution in [2.75, 3.05) is 34.4 Å². The molecule has 7 heteroatoms. The molecule has 5 nitrogen and oxygen atoms in total. The van der Waals surface area contributed by atoms with E-state index in [1.807, 2.05) is 59.8 Å². The first-order chi connectivity index (χ1) is 17.0. The lowest BCUT2D eigenvalue weighted by atomic mass is 9.84. The zero-order valence-electron chi connectivity index (χ0n) is 20.6. The largest absolute Gasteiger partial charge is 0.497 e. The lowest BCUT2D eigenvalue weighted by Gasteiger charge is -2.40. The molecule has 3 aromatic rings. The molecular weight excluding hydrogens is 463 g/mol. The van der Waals surface area contributed by atoms with E-state index in [0.717, 1.165) is 54.4 Å². The molecule has 0 spiro atoms. The van der Waals surface area contributed by atoms with Crippen molar-refractivity contribution in [2.45, 2.75) is 31.8 Å². The summed E-state index contributed by atoms with van der Waals surface area (Å²) in [6.45, 7) is 2.64. The fourth-order valence-electron chi connectivity index (χ4n) is 4.95. The third kappa shape index (κ3) is 6.21. The van der Waals surface area contributed by atoms with Gasteiger partial charge in [-0.2, -0.15) is 0 Å². The molecule has 1 fully saturated rings. The van der Waals surface area contributed by atoms with Crippen molar-refractivity contribution in [3.05, 3.63) is 81.8 Å². The number of nitrogens with zero attached hydrogens (tertiary/aromatic N) is 2. The predicted octanol–water partition coefficient (Wildman–Crippen LogP) is 5.50. The summed E-state index contributed by atoms with van der Waals surface area (Å²) >= 11 is 1.45. The van der Waals surface area contributed by atoms with Gasteiger partial charge in [-0.25, -0.2) is 4.39 Å². The highest BCUT2D eigenvalue weighted by atomic mass is 32.1.